The van der Waals surface area contributed by atoms with Crippen molar-refractivity contribution < 1.29 is 28.3 Å². The fourth-order valence-corrected chi connectivity index (χ4v) is 8.91. The van der Waals surface area contributed by atoms with Gasteiger partial charge in [0.05, 0.1) is 37.0 Å². The minimum Gasteiger partial charge on any atom is -0.391 e. The van der Waals surface area contributed by atoms with Crippen molar-refractivity contribution in [2.75, 3.05) is 120 Å². The van der Waals surface area contributed by atoms with Crippen LogP contribution in [0.25, 0.3) is 0 Å². The Labute approximate surface area is 340 Å². The second-order valence-electron chi connectivity index (χ2n) is 17.7. The molecule has 5 saturated heterocycles. The molecule has 7 rings (SSSR count). The molecule has 1 spiro atoms. The molecule has 2 aromatic rings. The van der Waals surface area contributed by atoms with Crippen LogP contribution in [0.3, 0.4) is 0 Å². The van der Waals surface area contributed by atoms with Crippen LogP contribution >= 0.6 is 0 Å². The molecule has 4 N–H and O–H groups in total. The summed E-state index contributed by atoms with van der Waals surface area (Å²) in [5.74, 6) is 0.0922. The summed E-state index contributed by atoms with van der Waals surface area (Å²) in [6, 6.07) is 4.54. The number of hydrogen-bond acceptors (Lipinski definition) is 12. The number of carbonyl (C=O) groups excluding carboxylic acids is 3. The van der Waals surface area contributed by atoms with Crippen LogP contribution in [0.2, 0.25) is 0 Å². The summed E-state index contributed by atoms with van der Waals surface area (Å²) in [5.41, 5.74) is 0.210. The Hall–Kier alpha value is -4.19. The highest BCUT2D eigenvalue weighted by Crippen LogP contribution is 2.34. The Morgan fingerprint density at radius 1 is 0.897 bits per heavy atom. The molecule has 1 aromatic heterocycles. The average Bonchev–Trinajstić information content (AvgIpc) is 3.64. The topological polar surface area (TPSA) is 153 Å². The van der Waals surface area contributed by atoms with Crippen molar-refractivity contribution in [1.29, 1.82) is 0 Å². The number of piperidine rings is 2. The summed E-state index contributed by atoms with van der Waals surface area (Å²) >= 11 is 0. The van der Waals surface area contributed by atoms with E-state index >= 15 is 8.78 Å². The molecule has 17 heteroatoms. The van der Waals surface area contributed by atoms with E-state index in [2.05, 4.69) is 59.4 Å². The largest absolute Gasteiger partial charge is 0.391 e. The van der Waals surface area contributed by atoms with Crippen molar-refractivity contribution in [3.05, 3.63) is 41.7 Å². The van der Waals surface area contributed by atoms with Crippen molar-refractivity contribution in [1.82, 2.24) is 40.2 Å². The zero-order chi connectivity index (χ0) is 40.9. The predicted octanol–water partition coefficient (Wildman–Crippen LogP) is 1.48. The summed E-state index contributed by atoms with van der Waals surface area (Å²) < 4.78 is 31.1. The first-order valence-corrected chi connectivity index (χ1v) is 21.1. The minimum atomic E-state index is -0.556. The standard InChI is InChI=1S/C41H61F2N11O4/c1-40(2)5-12-50(13-6-40)24-30-20-33(43)34(21-32(30)42)54-27-38(57)48-41(28-54)7-14-52(15-8-41)36-22-35(46-29-47-36)44-9-3-10-49-16-18-51(19-17-49)26-37(56)45-23-39(58)53-11-4-31(55)25-53/h20-22,29,31,55H,3-19,23-28H2,1-2H3,(H,45,56)(H,48,57)(H,44,46,47). The lowest BCUT2D eigenvalue weighted by atomic mass is 9.82. The van der Waals surface area contributed by atoms with Crippen LogP contribution in [0.4, 0.5) is 26.1 Å². The number of aliphatic hydroxyl groups excluding tert-OH is 1. The van der Waals surface area contributed by atoms with Crippen molar-refractivity contribution in [3.63, 3.8) is 0 Å². The first kappa shape index (κ1) is 42.0. The molecule has 5 aliphatic rings. The highest BCUT2D eigenvalue weighted by Gasteiger charge is 2.42. The Morgan fingerprint density at radius 2 is 1.64 bits per heavy atom. The Balaban J connectivity index is 0.819. The summed E-state index contributed by atoms with van der Waals surface area (Å²) in [5, 5.41) is 19.0. The highest BCUT2D eigenvalue weighted by molar-refractivity contribution is 5.86. The van der Waals surface area contributed by atoms with Crippen molar-refractivity contribution in [2.45, 2.75) is 70.6 Å². The average molecular weight is 810 g/mol. The van der Waals surface area contributed by atoms with E-state index in [1.807, 2.05) is 6.07 Å². The summed E-state index contributed by atoms with van der Waals surface area (Å²) in [6.07, 6.45) is 5.91. The molecular weight excluding hydrogens is 749 g/mol. The maximum atomic E-state index is 15.6. The smallest absolute Gasteiger partial charge is 0.242 e. The van der Waals surface area contributed by atoms with Gasteiger partial charge in [-0.1, -0.05) is 13.8 Å². The summed E-state index contributed by atoms with van der Waals surface area (Å²) in [6.45, 7) is 14.3. The number of nitrogens with zero attached hydrogens (tertiary/aromatic N) is 8. The van der Waals surface area contributed by atoms with Gasteiger partial charge in [-0.3, -0.25) is 24.2 Å². The van der Waals surface area contributed by atoms with E-state index in [1.54, 1.807) is 16.1 Å². The van der Waals surface area contributed by atoms with Gasteiger partial charge in [0.25, 0.3) is 0 Å². The van der Waals surface area contributed by atoms with Gasteiger partial charge >= 0.3 is 0 Å². The van der Waals surface area contributed by atoms with Gasteiger partial charge in [-0.25, -0.2) is 18.7 Å². The molecule has 0 saturated carbocycles. The Bertz CT molecular complexity index is 1760. The third-order valence-corrected chi connectivity index (χ3v) is 12.7. The fraction of sp³-hybridized carbons (Fsp3) is 0.683. The lowest BCUT2D eigenvalue weighted by Crippen LogP contribution is -2.66. The van der Waals surface area contributed by atoms with Crippen LogP contribution in [0.15, 0.2) is 24.5 Å². The first-order chi connectivity index (χ1) is 27.8. The van der Waals surface area contributed by atoms with Crippen molar-refractivity contribution in [2.24, 2.45) is 5.41 Å². The number of hydrogen-bond donors (Lipinski definition) is 4. The van der Waals surface area contributed by atoms with Crippen LogP contribution in [-0.2, 0) is 20.9 Å². The minimum absolute atomic E-state index is 0.0184. The zero-order valence-electron chi connectivity index (χ0n) is 34.2. The third-order valence-electron chi connectivity index (χ3n) is 12.7. The number of rotatable bonds is 13. The normalized spacial score (nSPS) is 22.9. The van der Waals surface area contributed by atoms with Gasteiger partial charge in [-0.2, -0.15) is 0 Å². The number of amides is 3. The van der Waals surface area contributed by atoms with E-state index in [4.69, 9.17) is 0 Å². The molecule has 5 aliphatic heterocycles. The van der Waals surface area contributed by atoms with Gasteiger partial charge in [-0.15, -0.1) is 0 Å². The third kappa shape index (κ3) is 10.9. The van der Waals surface area contributed by atoms with E-state index in [9.17, 15) is 19.5 Å². The lowest BCUT2D eigenvalue weighted by molar-refractivity contribution is -0.132. The number of nitrogens with one attached hydrogen (secondary N) is 3. The van der Waals surface area contributed by atoms with Crippen LogP contribution in [-0.4, -0.2) is 169 Å². The van der Waals surface area contributed by atoms with Crippen LogP contribution in [0, 0.1) is 17.0 Å². The van der Waals surface area contributed by atoms with Gasteiger partial charge in [0.1, 0.15) is 29.6 Å². The number of likely N-dealkylation sites (tertiary alicyclic amines) is 2. The molecule has 3 amide bonds. The maximum absolute atomic E-state index is 15.6. The van der Waals surface area contributed by atoms with Crippen molar-refractivity contribution in [3.8, 4) is 0 Å². The number of aromatic nitrogens is 2. The quantitative estimate of drug-likeness (QED) is 0.217. The van der Waals surface area contributed by atoms with Crippen LogP contribution in [0.5, 0.6) is 0 Å². The highest BCUT2D eigenvalue weighted by atomic mass is 19.1. The summed E-state index contributed by atoms with van der Waals surface area (Å²) in [4.78, 5) is 58.8. The van der Waals surface area contributed by atoms with E-state index < -0.39 is 23.3 Å². The van der Waals surface area contributed by atoms with E-state index in [-0.39, 0.29) is 48.5 Å². The maximum Gasteiger partial charge on any atom is 0.242 e. The van der Waals surface area contributed by atoms with Crippen LogP contribution in [0.1, 0.15) is 57.9 Å². The van der Waals surface area contributed by atoms with Gasteiger partial charge in [0, 0.05) is 89.7 Å². The molecule has 1 unspecified atom stereocenters. The molecule has 5 fully saturated rings. The number of aliphatic hydroxyl groups is 1. The monoisotopic (exact) mass is 809 g/mol. The zero-order valence-corrected chi connectivity index (χ0v) is 34.2. The van der Waals surface area contributed by atoms with E-state index in [0.29, 0.717) is 64.1 Å². The number of piperazine rings is 2. The van der Waals surface area contributed by atoms with E-state index in [0.717, 1.165) is 83.3 Å². The molecule has 1 aromatic carbocycles. The number of halogens is 2. The molecule has 318 valence electrons. The fourth-order valence-electron chi connectivity index (χ4n) is 8.91. The SMILES string of the molecule is CC1(C)CCN(Cc2cc(F)c(N3CC(=O)NC4(CCN(c5cc(NCCCN6CCN(CC(=O)NCC(=O)N7CCC(O)C7)CC6)ncn5)CC4)C3)cc2F)CC1. The molecule has 0 bridgehead atoms. The Kier molecular flexibility index (Phi) is 13.3. The second-order valence-corrected chi connectivity index (χ2v) is 17.7. The number of carbonyl (C=O) groups is 3. The summed E-state index contributed by atoms with van der Waals surface area (Å²) in [7, 11) is 0. The molecule has 0 radical (unpaired) electrons. The van der Waals surface area contributed by atoms with Gasteiger partial charge < -0.3 is 40.7 Å². The molecule has 1 atom stereocenters. The van der Waals surface area contributed by atoms with Crippen molar-refractivity contribution >= 4 is 35.0 Å². The van der Waals surface area contributed by atoms with E-state index in [1.165, 1.54) is 12.1 Å². The van der Waals surface area contributed by atoms with Gasteiger partial charge in [0.15, 0.2) is 0 Å². The van der Waals surface area contributed by atoms with Crippen LogP contribution < -0.4 is 25.8 Å². The first-order valence-electron chi connectivity index (χ1n) is 21.1. The molecule has 58 heavy (non-hydrogen) atoms. The number of β-amino-alcohol motifs (C(OH)–C–C–N with tert-alkyl or cyclic N) is 1. The Morgan fingerprint density at radius 3 is 2.36 bits per heavy atom. The lowest BCUT2D eigenvalue weighted by Gasteiger charge is -2.48. The number of anilines is 3. The number of benzene rings is 1. The molecule has 0 aliphatic carbocycles. The second kappa shape index (κ2) is 18.4. The van der Waals surface area contributed by atoms with Gasteiger partial charge in [0.2, 0.25) is 17.7 Å². The predicted molar refractivity (Wildman–Crippen MR) is 217 cm³/mol. The molecular formula is C41H61F2N11O4. The molecule has 15 nitrogen and oxygen atoms in total. The molecule has 6 heterocycles. The van der Waals surface area contributed by atoms with Gasteiger partial charge in [-0.05, 0) is 69.6 Å².